The van der Waals surface area contributed by atoms with Gasteiger partial charge in [-0.05, 0) is 0 Å². The van der Waals surface area contributed by atoms with Gasteiger partial charge in [0.2, 0.25) is 0 Å². The molecule has 3 aromatic rings. The molecule has 0 radical (unpaired) electrons. The predicted octanol–water partition coefficient (Wildman–Crippen LogP) is 2.25. The molecule has 128 valence electrons. The summed E-state index contributed by atoms with van der Waals surface area (Å²) in [4.78, 5) is 13.1. The Morgan fingerprint density at radius 1 is 0.560 bits per heavy atom. The van der Waals surface area contributed by atoms with Crippen LogP contribution in [-0.4, -0.2) is 59.8 Å². The Bertz CT molecular complexity index is 702. The van der Waals surface area contributed by atoms with E-state index in [0.717, 1.165) is 13.8 Å². The maximum absolute atomic E-state index is 4.38. The van der Waals surface area contributed by atoms with Crippen LogP contribution in [0.4, 0.5) is 0 Å². The first-order chi connectivity index (χ1) is 12.1. The monoisotopic (exact) mass is 721 g/mol. The molecule has 0 atom stereocenters. The molecule has 0 aliphatic heterocycles. The molecule has 0 amide bonds. The molecule has 0 aromatic carbocycles. The summed E-state index contributed by atoms with van der Waals surface area (Å²) in [5.41, 5.74) is 0. The second-order valence-corrected chi connectivity index (χ2v) is 19.0. The molecule has 0 saturated carbocycles. The molecule has 0 N–H and O–H groups in total. The summed E-state index contributed by atoms with van der Waals surface area (Å²) in [6, 6.07) is 12.6. The van der Waals surface area contributed by atoms with Crippen LogP contribution in [0.5, 0.6) is 0 Å². The van der Waals surface area contributed by atoms with Gasteiger partial charge in [-0.15, -0.1) is 0 Å². The second kappa shape index (κ2) is 10.1. The van der Waals surface area contributed by atoms with Crippen molar-refractivity contribution >= 4 is 106 Å². The van der Waals surface area contributed by atoms with E-state index >= 15 is 0 Å². The first kappa shape index (κ1) is 20.2. The number of halogens is 3. The Morgan fingerprint density at radius 2 is 0.880 bits per heavy atom. The molecule has 9 heteroatoms. The third-order valence-corrected chi connectivity index (χ3v) is 14.9. The quantitative estimate of drug-likeness (QED) is 0.290. The summed E-state index contributed by atoms with van der Waals surface area (Å²) in [7, 11) is 0. The average molecular weight is 721 g/mol. The van der Waals surface area contributed by atoms with Crippen molar-refractivity contribution in [1.82, 2.24) is 15.0 Å². The molecule has 3 rings (SSSR count). The van der Waals surface area contributed by atoms with Crippen molar-refractivity contribution in [3.8, 4) is 0 Å². The summed E-state index contributed by atoms with van der Waals surface area (Å²) < 4.78 is 7.29. The number of aromatic nitrogens is 3. The number of hydrogen-bond donors (Lipinski definition) is 0. The van der Waals surface area contributed by atoms with Crippen LogP contribution in [0.2, 0.25) is 2.61 Å². The van der Waals surface area contributed by atoms with Gasteiger partial charge in [-0.25, -0.2) is 0 Å². The van der Waals surface area contributed by atoms with E-state index in [0.29, 0.717) is 47.5 Å². The molecule has 25 heavy (non-hydrogen) atoms. The normalized spacial score (nSPS) is 11.0. The van der Waals surface area contributed by atoms with Crippen LogP contribution in [0.25, 0.3) is 0 Å². The van der Waals surface area contributed by atoms with Gasteiger partial charge in [-0.1, -0.05) is 0 Å². The van der Waals surface area contributed by atoms with Gasteiger partial charge in [0.25, 0.3) is 0 Å². The van der Waals surface area contributed by atoms with E-state index < -0.39 is 0 Å². The Kier molecular flexibility index (Phi) is 8.17. The van der Waals surface area contributed by atoms with Crippen molar-refractivity contribution in [2.75, 3.05) is 0 Å². The molecule has 3 aromatic heterocycles. The Labute approximate surface area is 190 Å². The van der Waals surface area contributed by atoms with Crippen molar-refractivity contribution in [3.63, 3.8) is 0 Å². The Hall–Kier alpha value is 0.448. The van der Waals surface area contributed by atoms with Gasteiger partial charge in [-0.3, -0.25) is 0 Å². The van der Waals surface area contributed by atoms with E-state index in [4.69, 9.17) is 0 Å². The Balaban J connectivity index is 1.77. The van der Waals surface area contributed by atoms with Crippen LogP contribution in [0.1, 0.15) is 0 Å². The molecular formula is C16H10Br3N3Se3. The zero-order chi connectivity index (χ0) is 17.6. The predicted molar refractivity (Wildman–Crippen MR) is 116 cm³/mol. The van der Waals surface area contributed by atoms with E-state index in [1.54, 1.807) is 0 Å². The molecule has 3 nitrogen and oxygen atoms in total. The van der Waals surface area contributed by atoms with E-state index in [1.807, 2.05) is 36.8 Å². The minimum atomic E-state index is 0.369. The van der Waals surface area contributed by atoms with E-state index in [-0.39, 0.29) is 0 Å². The summed E-state index contributed by atoms with van der Waals surface area (Å²) in [5, 5.41) is 0. The van der Waals surface area contributed by atoms with Crippen molar-refractivity contribution in [3.05, 3.63) is 68.8 Å². The van der Waals surface area contributed by atoms with Gasteiger partial charge in [0.1, 0.15) is 0 Å². The topological polar surface area (TPSA) is 38.7 Å². The first-order valence-corrected chi connectivity index (χ1v) is 14.8. The van der Waals surface area contributed by atoms with Crippen molar-refractivity contribution in [2.24, 2.45) is 0 Å². The number of nitrogens with zero attached hydrogens (tertiary/aromatic N) is 3. The molecule has 0 aliphatic rings. The standard InChI is InChI=1S/C16H10Br3N3Se3/c17-13-4-1-10(7-20-13)23-16(24-11-2-5-14(18)21-8-11)25-12-3-6-15(19)22-9-12/h1-9,16H. The van der Waals surface area contributed by atoms with Crippen LogP contribution in [0, 0.1) is 0 Å². The van der Waals surface area contributed by atoms with Crippen LogP contribution in [0.15, 0.2) is 68.8 Å². The van der Waals surface area contributed by atoms with E-state index in [9.17, 15) is 0 Å². The summed E-state index contributed by atoms with van der Waals surface area (Å²) >= 11 is 11.3. The molecule has 0 saturated heterocycles. The fourth-order valence-corrected chi connectivity index (χ4v) is 14.6. The van der Waals surface area contributed by atoms with E-state index in [2.05, 4.69) is 80.9 Å². The molecular weight excluding hydrogens is 711 g/mol. The summed E-state index contributed by atoms with van der Waals surface area (Å²) in [6.45, 7) is 0. The number of rotatable bonds is 6. The molecule has 0 spiro atoms. The van der Waals surface area contributed by atoms with Gasteiger partial charge in [0.15, 0.2) is 0 Å². The summed E-state index contributed by atoms with van der Waals surface area (Å²) in [5.74, 6) is 0. The molecule has 0 unspecified atom stereocenters. The zero-order valence-electron chi connectivity index (χ0n) is 12.5. The van der Waals surface area contributed by atoms with Crippen molar-refractivity contribution in [1.29, 1.82) is 0 Å². The maximum atomic E-state index is 4.38. The van der Waals surface area contributed by atoms with Gasteiger partial charge in [0, 0.05) is 0 Å². The molecule has 3 heterocycles. The molecule has 0 aliphatic carbocycles. The van der Waals surface area contributed by atoms with Gasteiger partial charge in [-0.2, -0.15) is 0 Å². The number of pyridine rings is 3. The number of hydrogen-bond acceptors (Lipinski definition) is 3. The minimum absolute atomic E-state index is 0.369. The SMILES string of the molecule is Brc1ccc([Se]C([Se]c2ccc(Br)nc2)[Se]c2ccc(Br)nc2)cn1. The zero-order valence-corrected chi connectivity index (χ0v) is 22.4. The van der Waals surface area contributed by atoms with Gasteiger partial charge < -0.3 is 0 Å². The van der Waals surface area contributed by atoms with E-state index in [1.165, 1.54) is 13.4 Å². The third kappa shape index (κ3) is 6.84. The average Bonchev–Trinajstić information content (AvgIpc) is 2.61. The van der Waals surface area contributed by atoms with Crippen LogP contribution >= 0.6 is 47.8 Å². The van der Waals surface area contributed by atoms with Crippen LogP contribution in [-0.2, 0) is 0 Å². The van der Waals surface area contributed by atoms with Crippen molar-refractivity contribution in [2.45, 2.75) is 2.61 Å². The molecule has 0 fully saturated rings. The van der Waals surface area contributed by atoms with Crippen LogP contribution in [0.3, 0.4) is 0 Å². The van der Waals surface area contributed by atoms with Crippen molar-refractivity contribution < 1.29 is 0 Å². The molecule has 0 bridgehead atoms. The fourth-order valence-electron chi connectivity index (χ4n) is 1.70. The second-order valence-electron chi connectivity index (χ2n) is 4.59. The summed E-state index contributed by atoms with van der Waals surface area (Å²) in [6.07, 6.45) is 5.97. The fraction of sp³-hybridized carbons (Fsp3) is 0.0625. The third-order valence-electron chi connectivity index (χ3n) is 2.80. The Morgan fingerprint density at radius 3 is 1.12 bits per heavy atom. The van der Waals surface area contributed by atoms with Gasteiger partial charge in [0.05, 0.1) is 0 Å². The van der Waals surface area contributed by atoms with Gasteiger partial charge >= 0.3 is 192 Å². The first-order valence-electron chi connectivity index (χ1n) is 6.93. The van der Waals surface area contributed by atoms with Crippen LogP contribution < -0.4 is 13.4 Å².